The minimum atomic E-state index is -0.913. The number of benzene rings is 3. The molecule has 8 nitrogen and oxygen atoms in total. The third-order valence-corrected chi connectivity index (χ3v) is 6.71. The lowest BCUT2D eigenvalue weighted by Crippen LogP contribution is -2.32. The highest BCUT2D eigenvalue weighted by Crippen LogP contribution is 2.42. The number of hydrogen-bond donors (Lipinski definition) is 1. The average Bonchev–Trinajstić information content (AvgIpc) is 3.21. The third kappa shape index (κ3) is 6.10. The highest BCUT2D eigenvalue weighted by atomic mass is 19.1. The Kier molecular flexibility index (Phi) is 9.06. The number of rotatable bonds is 11. The van der Waals surface area contributed by atoms with Crippen molar-refractivity contribution in [2.24, 2.45) is 0 Å². The minimum absolute atomic E-state index is 0.00642. The van der Waals surface area contributed by atoms with Gasteiger partial charge in [0, 0.05) is 12.1 Å². The van der Waals surface area contributed by atoms with Gasteiger partial charge in [-0.15, -0.1) is 0 Å². The second-order valence-corrected chi connectivity index (χ2v) is 9.68. The number of aliphatic hydroxyl groups excluding tert-OH is 1. The Morgan fingerprint density at radius 1 is 0.950 bits per heavy atom. The van der Waals surface area contributed by atoms with Crippen molar-refractivity contribution in [1.29, 1.82) is 0 Å². The normalized spacial score (nSPS) is 16.4. The second-order valence-electron chi connectivity index (χ2n) is 9.68. The average molecular weight is 549 g/mol. The maximum absolute atomic E-state index is 14.5. The van der Waals surface area contributed by atoms with Crippen LogP contribution in [0, 0.1) is 5.82 Å². The van der Waals surface area contributed by atoms with E-state index in [0.29, 0.717) is 36.6 Å². The van der Waals surface area contributed by atoms with E-state index < -0.39 is 29.3 Å². The first kappa shape index (κ1) is 28.6. The molecule has 0 bridgehead atoms. The molecule has 3 aromatic rings. The minimum Gasteiger partial charge on any atom is -0.507 e. The molecule has 4 rings (SSSR count). The van der Waals surface area contributed by atoms with Crippen LogP contribution in [0.2, 0.25) is 0 Å². The Morgan fingerprint density at radius 3 is 2.30 bits per heavy atom. The van der Waals surface area contributed by atoms with Crippen LogP contribution in [0.15, 0.2) is 72.3 Å². The molecule has 1 aliphatic rings. The SMILES string of the molecule is COc1ccc(C(O)=C2C(=O)C(=O)N(CCCN(C)C)[C@H]2c2ccc(OCc3ccccc3)c(OC)c2)cc1F. The fraction of sp³-hybridized carbons (Fsp3) is 0.290. The van der Waals surface area contributed by atoms with Crippen LogP contribution in [0.1, 0.15) is 29.2 Å². The van der Waals surface area contributed by atoms with Gasteiger partial charge in [0.15, 0.2) is 23.1 Å². The number of carbonyl (C=O) groups is 2. The summed E-state index contributed by atoms with van der Waals surface area (Å²) < 4.78 is 31.0. The van der Waals surface area contributed by atoms with Crippen LogP contribution in [0.3, 0.4) is 0 Å². The van der Waals surface area contributed by atoms with Gasteiger partial charge >= 0.3 is 0 Å². The Labute approximate surface area is 233 Å². The van der Waals surface area contributed by atoms with Gasteiger partial charge in [0.1, 0.15) is 12.4 Å². The first-order valence-electron chi connectivity index (χ1n) is 12.9. The molecule has 1 fully saturated rings. The van der Waals surface area contributed by atoms with Gasteiger partial charge in [0.05, 0.1) is 25.8 Å². The molecular weight excluding hydrogens is 515 g/mol. The summed E-state index contributed by atoms with van der Waals surface area (Å²) in [4.78, 5) is 30.0. The van der Waals surface area contributed by atoms with Crippen LogP contribution in [-0.4, -0.2) is 68.0 Å². The van der Waals surface area contributed by atoms with E-state index in [-0.39, 0.29) is 23.4 Å². The van der Waals surface area contributed by atoms with Gasteiger partial charge in [0.2, 0.25) is 0 Å². The van der Waals surface area contributed by atoms with Crippen molar-refractivity contribution in [3.8, 4) is 17.2 Å². The fourth-order valence-corrected chi connectivity index (χ4v) is 4.69. The van der Waals surface area contributed by atoms with E-state index in [4.69, 9.17) is 14.2 Å². The van der Waals surface area contributed by atoms with Crippen molar-refractivity contribution in [2.45, 2.75) is 19.1 Å². The number of ketones is 1. The molecular formula is C31H33FN2O6. The number of carbonyl (C=O) groups excluding carboxylic acids is 2. The van der Waals surface area contributed by atoms with Crippen molar-refractivity contribution in [3.63, 3.8) is 0 Å². The molecule has 40 heavy (non-hydrogen) atoms. The molecule has 1 amide bonds. The first-order chi connectivity index (χ1) is 19.2. The Morgan fingerprint density at radius 2 is 1.65 bits per heavy atom. The Hall–Kier alpha value is -4.37. The van der Waals surface area contributed by atoms with E-state index in [1.165, 1.54) is 31.3 Å². The van der Waals surface area contributed by atoms with E-state index in [0.717, 1.165) is 11.6 Å². The molecule has 0 spiro atoms. The van der Waals surface area contributed by atoms with E-state index in [9.17, 15) is 19.1 Å². The molecule has 1 heterocycles. The van der Waals surface area contributed by atoms with Crippen LogP contribution in [0.4, 0.5) is 4.39 Å². The number of amides is 1. The molecule has 0 aliphatic carbocycles. The predicted molar refractivity (Wildman–Crippen MR) is 149 cm³/mol. The van der Waals surface area contributed by atoms with Crippen LogP contribution in [-0.2, 0) is 16.2 Å². The summed E-state index contributed by atoms with van der Waals surface area (Å²) in [5, 5.41) is 11.3. The summed E-state index contributed by atoms with van der Waals surface area (Å²) in [6.07, 6.45) is 0.600. The third-order valence-electron chi connectivity index (χ3n) is 6.71. The molecule has 0 radical (unpaired) electrons. The zero-order valence-electron chi connectivity index (χ0n) is 23.0. The molecule has 3 aromatic carbocycles. The van der Waals surface area contributed by atoms with Gasteiger partial charge in [0.25, 0.3) is 11.7 Å². The number of likely N-dealkylation sites (tertiary alicyclic amines) is 1. The van der Waals surface area contributed by atoms with Crippen molar-refractivity contribution < 1.29 is 33.3 Å². The smallest absolute Gasteiger partial charge is 0.295 e. The standard InChI is InChI=1S/C31H33FN2O6/c1-33(2)15-8-16-34-28(21-11-14-25(26(18-21)39-4)40-19-20-9-6-5-7-10-20)27(30(36)31(34)37)29(35)22-12-13-24(38-3)23(32)17-22/h5-7,9-14,17-18,28,35H,8,15-16,19H2,1-4H3/t28-/m0/s1. The monoisotopic (exact) mass is 548 g/mol. The lowest BCUT2D eigenvalue weighted by atomic mass is 9.94. The molecule has 1 atom stereocenters. The Bertz CT molecular complexity index is 1410. The van der Waals surface area contributed by atoms with Gasteiger partial charge in [-0.05, 0) is 68.5 Å². The van der Waals surface area contributed by atoms with Gasteiger partial charge in [-0.1, -0.05) is 36.4 Å². The van der Waals surface area contributed by atoms with Gasteiger partial charge < -0.3 is 29.1 Å². The second kappa shape index (κ2) is 12.7. The zero-order valence-corrected chi connectivity index (χ0v) is 23.0. The molecule has 0 unspecified atom stereocenters. The molecule has 9 heteroatoms. The van der Waals surface area contributed by atoms with Gasteiger partial charge in [-0.3, -0.25) is 9.59 Å². The van der Waals surface area contributed by atoms with Crippen LogP contribution >= 0.6 is 0 Å². The quantitative estimate of drug-likeness (QED) is 0.209. The van der Waals surface area contributed by atoms with Crippen LogP contribution < -0.4 is 14.2 Å². The molecule has 1 N–H and O–H groups in total. The van der Waals surface area contributed by atoms with Crippen molar-refractivity contribution in [3.05, 3.63) is 94.8 Å². The Balaban J connectivity index is 1.76. The number of hydrogen-bond acceptors (Lipinski definition) is 7. The summed E-state index contributed by atoms with van der Waals surface area (Å²) in [6.45, 7) is 1.29. The van der Waals surface area contributed by atoms with E-state index in [2.05, 4.69) is 0 Å². The fourth-order valence-electron chi connectivity index (χ4n) is 4.69. The summed E-state index contributed by atoms with van der Waals surface area (Å²) in [5.74, 6) is -1.87. The van der Waals surface area contributed by atoms with Gasteiger partial charge in [-0.25, -0.2) is 4.39 Å². The van der Waals surface area contributed by atoms with Gasteiger partial charge in [-0.2, -0.15) is 0 Å². The topological polar surface area (TPSA) is 88.5 Å². The highest BCUT2D eigenvalue weighted by molar-refractivity contribution is 6.46. The molecule has 1 saturated heterocycles. The number of nitrogens with zero attached hydrogens (tertiary/aromatic N) is 2. The highest BCUT2D eigenvalue weighted by Gasteiger charge is 2.46. The lowest BCUT2D eigenvalue weighted by molar-refractivity contribution is -0.139. The molecule has 1 aliphatic heterocycles. The number of halogens is 1. The number of ether oxygens (including phenoxy) is 3. The molecule has 210 valence electrons. The van der Waals surface area contributed by atoms with Crippen molar-refractivity contribution in [2.75, 3.05) is 41.4 Å². The summed E-state index contributed by atoms with van der Waals surface area (Å²) in [6, 6.07) is 17.8. The first-order valence-corrected chi connectivity index (χ1v) is 12.9. The van der Waals surface area contributed by atoms with Crippen LogP contribution in [0.5, 0.6) is 17.2 Å². The maximum atomic E-state index is 14.5. The van der Waals surface area contributed by atoms with Crippen molar-refractivity contribution >= 4 is 17.4 Å². The number of Topliss-reactive ketones (excluding diaryl/α,β-unsaturated/α-hetero) is 1. The predicted octanol–water partition coefficient (Wildman–Crippen LogP) is 4.80. The summed E-state index contributed by atoms with van der Waals surface area (Å²) >= 11 is 0. The zero-order chi connectivity index (χ0) is 28.8. The maximum Gasteiger partial charge on any atom is 0.295 e. The number of methoxy groups -OCH3 is 2. The van der Waals surface area contributed by atoms with E-state index >= 15 is 0 Å². The van der Waals surface area contributed by atoms with Crippen LogP contribution in [0.25, 0.3) is 5.76 Å². The number of aliphatic hydroxyl groups is 1. The molecule has 0 aromatic heterocycles. The van der Waals surface area contributed by atoms with Crippen molar-refractivity contribution in [1.82, 2.24) is 9.80 Å². The summed E-state index contributed by atoms with van der Waals surface area (Å²) in [5.41, 5.74) is 1.46. The summed E-state index contributed by atoms with van der Waals surface area (Å²) in [7, 11) is 6.67. The lowest BCUT2D eigenvalue weighted by Gasteiger charge is -2.26. The van der Waals surface area contributed by atoms with E-state index in [1.54, 1.807) is 18.2 Å². The largest absolute Gasteiger partial charge is 0.507 e. The molecule has 0 saturated carbocycles. The van der Waals surface area contributed by atoms with E-state index in [1.807, 2.05) is 49.3 Å².